The Balaban J connectivity index is 2.32. The summed E-state index contributed by atoms with van der Waals surface area (Å²) >= 11 is 1.30. The summed E-state index contributed by atoms with van der Waals surface area (Å²) in [5, 5.41) is 3.62. The third-order valence-corrected chi connectivity index (χ3v) is 3.35. The van der Waals surface area contributed by atoms with Gasteiger partial charge in [-0.2, -0.15) is 0 Å². The Kier molecular flexibility index (Phi) is 3.58. The molecule has 0 aliphatic rings. The Bertz CT molecular complexity index is 531. The lowest BCUT2D eigenvalue weighted by atomic mass is 10.3. The van der Waals surface area contributed by atoms with Crippen molar-refractivity contribution in [1.29, 1.82) is 0 Å². The van der Waals surface area contributed by atoms with Crippen LogP contribution in [0.1, 0.15) is 5.56 Å². The van der Waals surface area contributed by atoms with Crippen molar-refractivity contribution in [3.63, 3.8) is 0 Å². The lowest BCUT2D eigenvalue weighted by Gasteiger charge is -2.06. The molecule has 3 nitrogen and oxygen atoms in total. The number of aryl methyl sites for hydroxylation is 1. The first-order valence-electron chi connectivity index (χ1n) is 5.14. The van der Waals surface area contributed by atoms with Crippen LogP contribution < -0.4 is 5.32 Å². The largest absolute Gasteiger partial charge is 0.357 e. The van der Waals surface area contributed by atoms with Crippen LogP contribution in [0.15, 0.2) is 40.4 Å². The summed E-state index contributed by atoms with van der Waals surface area (Å²) in [6.07, 6.45) is 1.72. The second-order valence-electron chi connectivity index (χ2n) is 3.46. The predicted molar refractivity (Wildman–Crippen MR) is 66.8 cm³/mol. The van der Waals surface area contributed by atoms with Crippen molar-refractivity contribution >= 4 is 17.7 Å². The monoisotopic (exact) mass is 249 g/mol. The normalized spacial score (nSPS) is 10.3. The summed E-state index contributed by atoms with van der Waals surface area (Å²) in [5.74, 6) is 0.302. The highest BCUT2D eigenvalue weighted by Gasteiger charge is 2.08. The maximum Gasteiger partial charge on any atom is 0.223 e. The van der Waals surface area contributed by atoms with Gasteiger partial charge in [-0.05, 0) is 19.1 Å². The minimum atomic E-state index is -0.235. The van der Waals surface area contributed by atoms with Crippen LogP contribution in [0.3, 0.4) is 0 Å². The average Bonchev–Trinajstić information content (AvgIpc) is 2.35. The minimum Gasteiger partial charge on any atom is -0.357 e. The molecule has 2 rings (SSSR count). The van der Waals surface area contributed by atoms with Gasteiger partial charge in [0.25, 0.3) is 0 Å². The van der Waals surface area contributed by atoms with E-state index in [2.05, 4.69) is 15.3 Å². The van der Waals surface area contributed by atoms with Crippen LogP contribution in [0.4, 0.5) is 10.3 Å². The van der Waals surface area contributed by atoms with Gasteiger partial charge in [-0.3, -0.25) is 0 Å². The SMILES string of the molecule is CNc1ncc(C)c(Sc2ccccc2F)n1. The van der Waals surface area contributed by atoms with Crippen molar-refractivity contribution in [1.82, 2.24) is 9.97 Å². The highest BCUT2D eigenvalue weighted by molar-refractivity contribution is 7.99. The molecular formula is C12H12FN3S. The minimum absolute atomic E-state index is 0.235. The summed E-state index contributed by atoms with van der Waals surface area (Å²) in [6, 6.07) is 6.66. The van der Waals surface area contributed by atoms with E-state index in [1.54, 1.807) is 31.4 Å². The Labute approximate surface area is 103 Å². The molecule has 0 unspecified atom stereocenters. The van der Waals surface area contributed by atoms with Gasteiger partial charge in [0.2, 0.25) is 5.95 Å². The van der Waals surface area contributed by atoms with Crippen molar-refractivity contribution in [2.75, 3.05) is 12.4 Å². The molecule has 88 valence electrons. The third kappa shape index (κ3) is 2.74. The number of anilines is 1. The Morgan fingerprint density at radius 1 is 1.29 bits per heavy atom. The van der Waals surface area contributed by atoms with Crippen molar-refractivity contribution in [2.24, 2.45) is 0 Å². The van der Waals surface area contributed by atoms with Crippen LogP contribution in [0.2, 0.25) is 0 Å². The second-order valence-corrected chi connectivity index (χ2v) is 4.49. The van der Waals surface area contributed by atoms with Gasteiger partial charge in [-0.1, -0.05) is 23.9 Å². The van der Waals surface area contributed by atoms with E-state index >= 15 is 0 Å². The fourth-order valence-electron chi connectivity index (χ4n) is 1.28. The molecule has 0 aliphatic heterocycles. The number of hydrogen-bond donors (Lipinski definition) is 1. The quantitative estimate of drug-likeness (QED) is 0.848. The number of nitrogens with zero attached hydrogens (tertiary/aromatic N) is 2. The van der Waals surface area contributed by atoms with E-state index in [-0.39, 0.29) is 5.82 Å². The van der Waals surface area contributed by atoms with Crippen molar-refractivity contribution in [3.05, 3.63) is 41.8 Å². The molecule has 0 saturated carbocycles. The molecular weight excluding hydrogens is 237 g/mol. The van der Waals surface area contributed by atoms with E-state index in [1.165, 1.54) is 17.8 Å². The van der Waals surface area contributed by atoms with Gasteiger partial charge in [0.05, 0.1) is 0 Å². The van der Waals surface area contributed by atoms with Crippen LogP contribution >= 0.6 is 11.8 Å². The standard InChI is InChI=1S/C12H12FN3S/c1-8-7-15-12(14-2)16-11(8)17-10-6-4-3-5-9(10)13/h3-7H,1-2H3,(H,14,15,16). The summed E-state index contributed by atoms with van der Waals surface area (Å²) in [5.41, 5.74) is 0.928. The molecule has 0 atom stereocenters. The number of benzene rings is 1. The first kappa shape index (κ1) is 11.9. The van der Waals surface area contributed by atoms with E-state index in [9.17, 15) is 4.39 Å². The molecule has 0 bridgehead atoms. The number of halogens is 1. The van der Waals surface area contributed by atoms with Gasteiger partial charge in [0.15, 0.2) is 0 Å². The Hall–Kier alpha value is -1.62. The van der Waals surface area contributed by atoms with Gasteiger partial charge in [0.1, 0.15) is 10.8 Å². The second kappa shape index (κ2) is 5.14. The average molecular weight is 249 g/mol. The molecule has 1 N–H and O–H groups in total. The van der Waals surface area contributed by atoms with E-state index in [4.69, 9.17) is 0 Å². The number of nitrogens with one attached hydrogen (secondary N) is 1. The molecule has 17 heavy (non-hydrogen) atoms. The van der Waals surface area contributed by atoms with Crippen molar-refractivity contribution in [2.45, 2.75) is 16.8 Å². The Morgan fingerprint density at radius 3 is 2.76 bits per heavy atom. The van der Waals surface area contributed by atoms with E-state index < -0.39 is 0 Å². The van der Waals surface area contributed by atoms with E-state index in [0.29, 0.717) is 10.8 Å². The molecule has 2 aromatic rings. The zero-order valence-electron chi connectivity index (χ0n) is 9.57. The van der Waals surface area contributed by atoms with E-state index in [0.717, 1.165) is 10.6 Å². The highest BCUT2D eigenvalue weighted by Crippen LogP contribution is 2.30. The molecule has 0 radical (unpaired) electrons. The lowest BCUT2D eigenvalue weighted by molar-refractivity contribution is 0.602. The molecule has 1 heterocycles. The highest BCUT2D eigenvalue weighted by atomic mass is 32.2. The number of hydrogen-bond acceptors (Lipinski definition) is 4. The van der Waals surface area contributed by atoms with Crippen LogP contribution in [0, 0.1) is 12.7 Å². The van der Waals surface area contributed by atoms with E-state index in [1.807, 2.05) is 6.92 Å². The first-order valence-corrected chi connectivity index (χ1v) is 5.96. The molecule has 1 aromatic carbocycles. The topological polar surface area (TPSA) is 37.8 Å². The van der Waals surface area contributed by atoms with Crippen LogP contribution in [0.5, 0.6) is 0 Å². The van der Waals surface area contributed by atoms with Crippen molar-refractivity contribution in [3.8, 4) is 0 Å². The van der Waals surface area contributed by atoms with Gasteiger partial charge in [-0.25, -0.2) is 14.4 Å². The molecule has 1 aromatic heterocycles. The predicted octanol–water partition coefficient (Wildman–Crippen LogP) is 3.12. The fourth-order valence-corrected chi connectivity index (χ4v) is 2.15. The third-order valence-electron chi connectivity index (χ3n) is 2.19. The number of rotatable bonds is 3. The lowest BCUT2D eigenvalue weighted by Crippen LogP contribution is -1.98. The maximum atomic E-state index is 13.5. The summed E-state index contributed by atoms with van der Waals surface area (Å²) < 4.78 is 13.5. The molecule has 0 amide bonds. The van der Waals surface area contributed by atoms with Crippen LogP contribution in [0.25, 0.3) is 0 Å². The Morgan fingerprint density at radius 2 is 2.06 bits per heavy atom. The smallest absolute Gasteiger partial charge is 0.223 e. The van der Waals surface area contributed by atoms with Crippen LogP contribution in [-0.4, -0.2) is 17.0 Å². The zero-order chi connectivity index (χ0) is 12.3. The maximum absolute atomic E-state index is 13.5. The molecule has 5 heteroatoms. The summed E-state index contributed by atoms with van der Waals surface area (Å²) in [4.78, 5) is 8.96. The molecule has 0 saturated heterocycles. The molecule has 0 spiro atoms. The summed E-state index contributed by atoms with van der Waals surface area (Å²) in [6.45, 7) is 1.91. The summed E-state index contributed by atoms with van der Waals surface area (Å²) in [7, 11) is 1.75. The van der Waals surface area contributed by atoms with Gasteiger partial charge in [-0.15, -0.1) is 0 Å². The van der Waals surface area contributed by atoms with Crippen molar-refractivity contribution < 1.29 is 4.39 Å². The van der Waals surface area contributed by atoms with Gasteiger partial charge < -0.3 is 5.32 Å². The van der Waals surface area contributed by atoms with Gasteiger partial charge in [0, 0.05) is 23.7 Å². The zero-order valence-corrected chi connectivity index (χ0v) is 10.4. The first-order chi connectivity index (χ1) is 8.20. The molecule has 0 aliphatic carbocycles. The fraction of sp³-hybridized carbons (Fsp3) is 0.167. The molecule has 0 fully saturated rings. The van der Waals surface area contributed by atoms with Gasteiger partial charge >= 0.3 is 0 Å². The van der Waals surface area contributed by atoms with Crippen LogP contribution in [-0.2, 0) is 0 Å². The number of aromatic nitrogens is 2.